The van der Waals surface area contributed by atoms with Crippen molar-refractivity contribution in [3.63, 3.8) is 0 Å². The molecule has 4 unspecified atom stereocenters. The number of alkyl halides is 2. The van der Waals surface area contributed by atoms with Crippen LogP contribution in [0.3, 0.4) is 0 Å². The third-order valence-corrected chi connectivity index (χ3v) is 12.1. The third kappa shape index (κ3) is 4.90. The zero-order valence-electron chi connectivity index (χ0n) is 28.1. The molecule has 4 N–H and O–H groups in total. The number of aromatic nitrogens is 4. The quantitative estimate of drug-likeness (QED) is 0.153. The van der Waals surface area contributed by atoms with E-state index in [1.165, 1.54) is 26.4 Å². The second-order valence-electron chi connectivity index (χ2n) is 15.1. The monoisotopic (exact) mass is 689 g/mol. The van der Waals surface area contributed by atoms with Crippen LogP contribution < -0.4 is 10.6 Å². The summed E-state index contributed by atoms with van der Waals surface area (Å²) in [7, 11) is 1.25. The van der Waals surface area contributed by atoms with Crippen LogP contribution in [0.15, 0.2) is 60.8 Å². The van der Waals surface area contributed by atoms with Crippen molar-refractivity contribution in [1.29, 1.82) is 0 Å². The van der Waals surface area contributed by atoms with E-state index >= 15 is 8.78 Å². The molecule has 4 fully saturated rings. The summed E-state index contributed by atoms with van der Waals surface area (Å²) in [4.78, 5) is 42.8. The lowest BCUT2D eigenvalue weighted by Gasteiger charge is -2.23. The molecule has 3 aromatic carbocycles. The predicted octanol–water partition coefficient (Wildman–Crippen LogP) is 6.96. The number of piperidine rings is 1. The van der Waals surface area contributed by atoms with Gasteiger partial charge in [-0.2, -0.15) is 8.78 Å². The van der Waals surface area contributed by atoms with Crippen molar-refractivity contribution in [3.8, 4) is 33.5 Å². The normalized spacial score (nSPS) is 24.6. The Morgan fingerprint density at radius 2 is 1.71 bits per heavy atom. The van der Waals surface area contributed by atoms with Gasteiger partial charge in [-0.3, -0.25) is 4.79 Å². The van der Waals surface area contributed by atoms with Crippen molar-refractivity contribution in [2.24, 2.45) is 11.3 Å². The van der Waals surface area contributed by atoms with E-state index in [0.29, 0.717) is 46.7 Å². The number of alkyl carbamates (subject to hydrolysis) is 1. The van der Waals surface area contributed by atoms with E-state index < -0.39 is 12.0 Å². The Morgan fingerprint density at radius 3 is 2.43 bits per heavy atom. The molecule has 0 radical (unpaired) electrons. The summed E-state index contributed by atoms with van der Waals surface area (Å²) in [6, 6.07) is 16.9. The number of nitrogens with zero attached hydrogens (tertiary/aromatic N) is 3. The average molecular weight is 690 g/mol. The number of fused-ring (bicyclic) bond motifs is 6. The van der Waals surface area contributed by atoms with E-state index in [9.17, 15) is 9.59 Å². The zero-order valence-corrected chi connectivity index (χ0v) is 28.1. The number of amides is 2. The van der Waals surface area contributed by atoms with E-state index in [0.717, 1.165) is 47.2 Å². The molecule has 12 heteroatoms. The lowest BCUT2D eigenvalue weighted by Crippen LogP contribution is -2.40. The number of aromatic amines is 2. The Balaban J connectivity index is 0.911. The van der Waals surface area contributed by atoms with Gasteiger partial charge < -0.3 is 30.2 Å². The summed E-state index contributed by atoms with van der Waals surface area (Å²) in [5.41, 5.74) is 5.61. The number of carbonyl (C=O) groups excluding carboxylic acids is 2. The second-order valence-corrected chi connectivity index (χ2v) is 15.1. The number of carbonyl (C=O) groups is 2. The highest BCUT2D eigenvalue weighted by Gasteiger charge is 2.54. The molecule has 2 bridgehead atoms. The molecule has 2 aromatic heterocycles. The summed E-state index contributed by atoms with van der Waals surface area (Å²) >= 11 is 0. The van der Waals surface area contributed by atoms with Crippen LogP contribution in [-0.2, 0) is 15.5 Å². The van der Waals surface area contributed by atoms with Crippen LogP contribution in [0.5, 0.6) is 0 Å². The number of benzene rings is 3. The summed E-state index contributed by atoms with van der Waals surface area (Å²) < 4.78 is 37.3. The minimum Gasteiger partial charge on any atom is -0.453 e. The Kier molecular flexibility index (Phi) is 6.59. The van der Waals surface area contributed by atoms with Gasteiger partial charge in [0.1, 0.15) is 18.2 Å². The Morgan fingerprint density at radius 1 is 0.961 bits per heavy atom. The highest BCUT2D eigenvalue weighted by molar-refractivity contribution is 5.87. The molecule has 2 amide bonds. The molecular formula is C39H37F2N7O3. The number of hydrogen-bond acceptors (Lipinski definition) is 6. The molecule has 4 atom stereocenters. The fourth-order valence-corrected chi connectivity index (χ4v) is 9.16. The van der Waals surface area contributed by atoms with Gasteiger partial charge in [-0.05, 0) is 96.4 Å². The molecule has 2 aliphatic heterocycles. The first-order valence-electron chi connectivity index (χ1n) is 17.8. The number of ether oxygens (including phenoxy) is 1. The largest absolute Gasteiger partial charge is 0.453 e. The van der Waals surface area contributed by atoms with Crippen LogP contribution in [-0.4, -0.2) is 63.1 Å². The highest BCUT2D eigenvalue weighted by atomic mass is 19.3. The van der Waals surface area contributed by atoms with Gasteiger partial charge in [-0.15, -0.1) is 0 Å². The van der Waals surface area contributed by atoms with E-state index in [1.807, 2.05) is 30.3 Å². The fourth-order valence-electron chi connectivity index (χ4n) is 9.16. The average Bonchev–Trinajstić information content (AvgIpc) is 3.80. The minimum atomic E-state index is -3.20. The third-order valence-electron chi connectivity index (χ3n) is 12.1. The number of rotatable bonds is 6. The Labute approximate surface area is 292 Å². The molecule has 260 valence electrons. The minimum absolute atomic E-state index is 0.00978. The van der Waals surface area contributed by atoms with Crippen LogP contribution in [0.1, 0.15) is 73.4 Å². The van der Waals surface area contributed by atoms with Crippen LogP contribution in [0.2, 0.25) is 0 Å². The molecule has 10 rings (SSSR count). The second kappa shape index (κ2) is 10.9. The Hall–Kier alpha value is -5.10. The van der Waals surface area contributed by atoms with E-state index in [4.69, 9.17) is 4.98 Å². The number of H-pyrrole nitrogens is 2. The van der Waals surface area contributed by atoms with Gasteiger partial charge in [0, 0.05) is 29.3 Å². The molecule has 5 aromatic rings. The van der Waals surface area contributed by atoms with Crippen LogP contribution in [0.25, 0.3) is 44.5 Å². The SMILES string of the molecule is COC(=O)NCC(=O)N1CC2(CC2)CC1c1ncc(-c2ccc3c(c2)C(F)(F)c2cc(-c4ccc5nc(C6NC7CCC6C7)[nH]c5c4)ccc2-3)[nH]1. The summed E-state index contributed by atoms with van der Waals surface area (Å²) in [5.74, 6) is -1.24. The highest BCUT2D eigenvalue weighted by Crippen LogP contribution is 2.58. The van der Waals surface area contributed by atoms with Crippen molar-refractivity contribution in [2.75, 3.05) is 20.2 Å². The summed E-state index contributed by atoms with van der Waals surface area (Å²) in [6.07, 6.45) is 7.46. The standard InChI is InChI=1S/C39H37F2N7O3/c1-51-37(50)43-18-33(49)48-19-38(10-11-38)16-32(48)35-42-17-31(47-35)22-4-8-26-25-7-3-20(13-27(25)39(40,41)28(26)14-22)21-5-9-29-30(15-21)46-36(45-29)34-23-2-6-24(12-23)44-34/h3-5,7-9,13-15,17,23-24,32,34,44H,2,6,10-12,16,18-19H2,1H3,(H,42,47)(H,43,50)(H,45,46). The van der Waals surface area contributed by atoms with Gasteiger partial charge in [0.05, 0.1) is 42.1 Å². The van der Waals surface area contributed by atoms with Crippen molar-refractivity contribution < 1.29 is 23.1 Å². The lowest BCUT2D eigenvalue weighted by atomic mass is 9.98. The number of likely N-dealkylation sites (tertiary alicyclic amines) is 1. The van der Waals surface area contributed by atoms with Crippen LogP contribution in [0, 0.1) is 11.3 Å². The molecule has 2 saturated carbocycles. The molecule has 5 aliphatic rings. The van der Waals surface area contributed by atoms with E-state index in [2.05, 4.69) is 30.3 Å². The van der Waals surface area contributed by atoms with Gasteiger partial charge in [0.15, 0.2) is 0 Å². The molecule has 10 nitrogen and oxygen atoms in total. The number of nitrogens with one attached hydrogen (secondary N) is 4. The zero-order chi connectivity index (χ0) is 34.6. The topological polar surface area (TPSA) is 128 Å². The molecule has 2 saturated heterocycles. The van der Waals surface area contributed by atoms with Crippen LogP contribution >= 0.6 is 0 Å². The van der Waals surface area contributed by atoms with Gasteiger partial charge in [0.25, 0.3) is 5.92 Å². The summed E-state index contributed by atoms with van der Waals surface area (Å²) in [5, 5.41) is 6.17. The number of hydrogen-bond donors (Lipinski definition) is 4. The number of halogens is 2. The number of imidazole rings is 2. The summed E-state index contributed by atoms with van der Waals surface area (Å²) in [6.45, 7) is 0.419. The van der Waals surface area contributed by atoms with E-state index in [-0.39, 0.29) is 41.1 Å². The Bertz CT molecular complexity index is 2260. The molecule has 4 heterocycles. The van der Waals surface area contributed by atoms with Crippen molar-refractivity contribution in [3.05, 3.63) is 83.6 Å². The van der Waals surface area contributed by atoms with E-state index in [1.54, 1.807) is 35.4 Å². The van der Waals surface area contributed by atoms with Crippen molar-refractivity contribution in [1.82, 2.24) is 35.5 Å². The van der Waals surface area contributed by atoms with Crippen molar-refractivity contribution in [2.45, 2.75) is 62.6 Å². The molecule has 1 spiro atoms. The van der Waals surface area contributed by atoms with Gasteiger partial charge >= 0.3 is 6.09 Å². The first-order chi connectivity index (χ1) is 24.7. The molecule has 51 heavy (non-hydrogen) atoms. The van der Waals surface area contributed by atoms with Crippen molar-refractivity contribution >= 4 is 23.0 Å². The first-order valence-corrected chi connectivity index (χ1v) is 17.8. The maximum atomic E-state index is 16.3. The molecular weight excluding hydrogens is 652 g/mol. The number of methoxy groups -OCH3 is 1. The van der Waals surface area contributed by atoms with Gasteiger partial charge in [-0.25, -0.2) is 14.8 Å². The maximum Gasteiger partial charge on any atom is 0.407 e. The first kappa shape index (κ1) is 30.7. The van der Waals surface area contributed by atoms with Gasteiger partial charge in [0.2, 0.25) is 5.91 Å². The predicted molar refractivity (Wildman–Crippen MR) is 186 cm³/mol. The lowest BCUT2D eigenvalue weighted by molar-refractivity contribution is -0.131. The van der Waals surface area contributed by atoms with Crippen LogP contribution in [0.4, 0.5) is 13.6 Å². The smallest absolute Gasteiger partial charge is 0.407 e. The maximum absolute atomic E-state index is 16.3. The van der Waals surface area contributed by atoms with Gasteiger partial charge in [-0.1, -0.05) is 30.3 Å². The molecule has 3 aliphatic carbocycles. The fraction of sp³-hybridized carbons (Fsp3) is 0.385.